The number of ether oxygens (including phenoxy) is 2. The molecule has 2 atom stereocenters. The van der Waals surface area contributed by atoms with Crippen LogP contribution in [0.25, 0.3) is 0 Å². The molecule has 3 rings (SSSR count). The van der Waals surface area contributed by atoms with Crippen LogP contribution < -0.4 is 10.1 Å². The van der Waals surface area contributed by atoms with E-state index in [1.54, 1.807) is 0 Å². The zero-order valence-electron chi connectivity index (χ0n) is 9.03. The van der Waals surface area contributed by atoms with Gasteiger partial charge in [0.25, 0.3) is 0 Å². The monoisotopic (exact) mass is 219 g/mol. The van der Waals surface area contributed by atoms with Gasteiger partial charge in [-0.05, 0) is 6.07 Å². The average molecular weight is 219 g/mol. The number of rotatable bonds is 0. The van der Waals surface area contributed by atoms with Crippen LogP contribution >= 0.6 is 0 Å². The van der Waals surface area contributed by atoms with Gasteiger partial charge in [0.1, 0.15) is 17.9 Å². The fraction of sp³-hybridized carbons (Fsp3) is 0.417. The molecule has 2 unspecified atom stereocenters. The second kappa shape index (κ2) is 3.14. The van der Waals surface area contributed by atoms with Crippen molar-refractivity contribution in [3.8, 4) is 5.75 Å². The highest BCUT2D eigenvalue weighted by Crippen LogP contribution is 2.42. The Balaban J connectivity index is 2.13. The second-order valence-corrected chi connectivity index (χ2v) is 4.38. The molecule has 1 spiro atoms. The number of fused-ring (bicyclic) bond motifs is 2. The van der Waals surface area contributed by atoms with Gasteiger partial charge in [-0.1, -0.05) is 25.1 Å². The molecule has 1 aromatic rings. The van der Waals surface area contributed by atoms with Crippen LogP contribution in [0.15, 0.2) is 24.3 Å². The van der Waals surface area contributed by atoms with Crippen molar-refractivity contribution in [3.05, 3.63) is 29.8 Å². The molecule has 1 fully saturated rings. The van der Waals surface area contributed by atoms with E-state index in [9.17, 15) is 4.79 Å². The van der Waals surface area contributed by atoms with E-state index in [-0.39, 0.29) is 12.0 Å². The number of nitrogens with one attached hydrogen (secondary N) is 1. The summed E-state index contributed by atoms with van der Waals surface area (Å²) in [5.41, 5.74) is 0.603. The lowest BCUT2D eigenvalue weighted by Crippen LogP contribution is -2.50. The molecule has 2 heterocycles. The van der Waals surface area contributed by atoms with Crippen molar-refractivity contribution in [2.75, 3.05) is 13.2 Å². The maximum Gasteiger partial charge on any atom is 0.408 e. The van der Waals surface area contributed by atoms with Crippen LogP contribution in [-0.2, 0) is 10.3 Å². The third kappa shape index (κ3) is 1.13. The molecular formula is C12H13NO3. The maximum absolute atomic E-state index is 11.3. The number of alkyl carbamates (subject to hydrolysis) is 1. The van der Waals surface area contributed by atoms with Gasteiger partial charge >= 0.3 is 6.09 Å². The SMILES string of the molecule is CC1COc2ccccc2C12COC(=O)N2. The fourth-order valence-corrected chi connectivity index (χ4v) is 2.43. The number of carbonyl (C=O) groups excluding carboxylic acids is 1. The van der Waals surface area contributed by atoms with Crippen LogP contribution in [0.3, 0.4) is 0 Å². The van der Waals surface area contributed by atoms with Crippen LogP contribution in [0.1, 0.15) is 12.5 Å². The van der Waals surface area contributed by atoms with Gasteiger partial charge in [0.05, 0.1) is 6.61 Å². The number of carbonyl (C=O) groups is 1. The van der Waals surface area contributed by atoms with Crippen LogP contribution in [0.4, 0.5) is 4.79 Å². The first kappa shape index (κ1) is 9.51. The molecule has 0 saturated carbocycles. The first-order valence-corrected chi connectivity index (χ1v) is 5.39. The number of hydrogen-bond donors (Lipinski definition) is 1. The van der Waals surface area contributed by atoms with Crippen molar-refractivity contribution in [3.63, 3.8) is 0 Å². The van der Waals surface area contributed by atoms with Crippen molar-refractivity contribution >= 4 is 6.09 Å². The summed E-state index contributed by atoms with van der Waals surface area (Å²) in [6.45, 7) is 3.04. The predicted molar refractivity (Wildman–Crippen MR) is 57.3 cm³/mol. The van der Waals surface area contributed by atoms with Crippen molar-refractivity contribution in [1.82, 2.24) is 5.32 Å². The zero-order valence-corrected chi connectivity index (χ0v) is 9.03. The molecule has 1 N–H and O–H groups in total. The van der Waals surface area contributed by atoms with Crippen LogP contribution in [0, 0.1) is 5.92 Å². The molecule has 0 aromatic heterocycles. The highest BCUT2D eigenvalue weighted by Gasteiger charge is 2.49. The molecule has 0 radical (unpaired) electrons. The third-order valence-corrected chi connectivity index (χ3v) is 3.45. The Morgan fingerprint density at radius 1 is 1.38 bits per heavy atom. The quantitative estimate of drug-likeness (QED) is 0.721. The Kier molecular flexibility index (Phi) is 1.87. The lowest BCUT2D eigenvalue weighted by atomic mass is 9.78. The van der Waals surface area contributed by atoms with Crippen LogP contribution in [0.5, 0.6) is 5.75 Å². The number of hydrogen-bond acceptors (Lipinski definition) is 3. The second-order valence-electron chi connectivity index (χ2n) is 4.38. The largest absolute Gasteiger partial charge is 0.493 e. The first-order valence-electron chi connectivity index (χ1n) is 5.39. The van der Waals surface area contributed by atoms with Gasteiger partial charge in [-0.15, -0.1) is 0 Å². The van der Waals surface area contributed by atoms with Crippen molar-refractivity contribution < 1.29 is 14.3 Å². The minimum absolute atomic E-state index is 0.203. The molecule has 0 aliphatic carbocycles. The lowest BCUT2D eigenvalue weighted by molar-refractivity contribution is 0.110. The maximum atomic E-state index is 11.3. The highest BCUT2D eigenvalue weighted by molar-refractivity contribution is 5.72. The van der Waals surface area contributed by atoms with E-state index < -0.39 is 5.54 Å². The molecule has 84 valence electrons. The normalized spacial score (nSPS) is 31.6. The van der Waals surface area contributed by atoms with Crippen molar-refractivity contribution in [1.29, 1.82) is 0 Å². The summed E-state index contributed by atoms with van der Waals surface area (Å²) in [5.74, 6) is 1.04. The Hall–Kier alpha value is -1.71. The summed E-state index contributed by atoms with van der Waals surface area (Å²) in [4.78, 5) is 11.3. The Morgan fingerprint density at radius 2 is 2.19 bits per heavy atom. The predicted octanol–water partition coefficient (Wildman–Crippen LogP) is 1.65. The number of cyclic esters (lactones) is 1. The summed E-state index contributed by atoms with van der Waals surface area (Å²) in [7, 11) is 0. The van der Waals surface area contributed by atoms with Crippen molar-refractivity contribution in [2.45, 2.75) is 12.5 Å². The van der Waals surface area contributed by atoms with Gasteiger partial charge in [-0.25, -0.2) is 4.79 Å². The van der Waals surface area contributed by atoms with Crippen molar-refractivity contribution in [2.24, 2.45) is 5.92 Å². The van der Waals surface area contributed by atoms with Gasteiger partial charge in [0, 0.05) is 11.5 Å². The topological polar surface area (TPSA) is 47.6 Å². The first-order chi connectivity index (χ1) is 7.72. The van der Waals surface area contributed by atoms with Gasteiger partial charge in [-0.3, -0.25) is 0 Å². The van der Waals surface area contributed by atoms with E-state index in [1.165, 1.54) is 0 Å². The molecule has 4 heteroatoms. The Labute approximate surface area is 93.5 Å². The highest BCUT2D eigenvalue weighted by atomic mass is 16.6. The summed E-state index contributed by atoms with van der Waals surface area (Å²) in [6.07, 6.45) is -0.344. The lowest BCUT2D eigenvalue weighted by Gasteiger charge is -2.38. The summed E-state index contributed by atoms with van der Waals surface area (Å²) >= 11 is 0. The number of amides is 1. The van der Waals surface area contributed by atoms with E-state index in [2.05, 4.69) is 12.2 Å². The Morgan fingerprint density at radius 3 is 2.94 bits per heavy atom. The number of para-hydroxylation sites is 1. The summed E-state index contributed by atoms with van der Waals surface area (Å²) in [5, 5.41) is 2.93. The van der Waals surface area contributed by atoms with E-state index in [0.29, 0.717) is 13.2 Å². The minimum atomic E-state index is -0.411. The van der Waals surface area contributed by atoms with Gasteiger partial charge < -0.3 is 14.8 Å². The zero-order chi connectivity index (χ0) is 11.2. The minimum Gasteiger partial charge on any atom is -0.493 e. The average Bonchev–Trinajstić information content (AvgIpc) is 2.68. The Bertz CT molecular complexity index is 446. The van der Waals surface area contributed by atoms with Gasteiger partial charge in [0.2, 0.25) is 0 Å². The van der Waals surface area contributed by atoms with E-state index >= 15 is 0 Å². The molecule has 4 nitrogen and oxygen atoms in total. The van der Waals surface area contributed by atoms with Crippen LogP contribution in [0.2, 0.25) is 0 Å². The summed E-state index contributed by atoms with van der Waals surface area (Å²) < 4.78 is 10.7. The van der Waals surface area contributed by atoms with E-state index in [1.807, 2.05) is 24.3 Å². The molecule has 1 saturated heterocycles. The van der Waals surface area contributed by atoms with Crippen LogP contribution in [-0.4, -0.2) is 19.3 Å². The third-order valence-electron chi connectivity index (χ3n) is 3.45. The molecule has 2 aliphatic heterocycles. The molecule has 1 amide bonds. The smallest absolute Gasteiger partial charge is 0.408 e. The molecule has 16 heavy (non-hydrogen) atoms. The molecule has 0 bridgehead atoms. The molecule has 2 aliphatic rings. The molecular weight excluding hydrogens is 206 g/mol. The fourth-order valence-electron chi connectivity index (χ4n) is 2.43. The van der Waals surface area contributed by atoms with E-state index in [4.69, 9.17) is 9.47 Å². The van der Waals surface area contributed by atoms with E-state index in [0.717, 1.165) is 11.3 Å². The summed E-state index contributed by atoms with van der Waals surface area (Å²) in [6, 6.07) is 7.79. The number of benzene rings is 1. The standard InChI is InChI=1S/C12H13NO3/c1-8-6-15-10-5-3-2-4-9(10)12(8)7-16-11(14)13-12/h2-5,8H,6-7H2,1H3,(H,13,14). The van der Waals surface area contributed by atoms with Gasteiger partial charge in [0.15, 0.2) is 0 Å². The van der Waals surface area contributed by atoms with Gasteiger partial charge in [-0.2, -0.15) is 0 Å². The molecule has 1 aromatic carbocycles.